The third-order valence-corrected chi connectivity index (χ3v) is 5.21. The fraction of sp³-hybridized carbons (Fsp3) is 0.333. The minimum absolute atomic E-state index is 0.00492. The number of allylic oxidation sites excluding steroid dienone is 2. The van der Waals surface area contributed by atoms with Crippen LogP contribution in [-0.4, -0.2) is 21.5 Å². The summed E-state index contributed by atoms with van der Waals surface area (Å²) in [5, 5.41) is 19.3. The first kappa shape index (κ1) is 19.9. The van der Waals surface area contributed by atoms with Crippen LogP contribution in [0.3, 0.4) is 0 Å². The van der Waals surface area contributed by atoms with Gasteiger partial charge in [-0.05, 0) is 35.9 Å². The maximum absolute atomic E-state index is 9.80. The number of nitrogens with one attached hydrogen (secondary N) is 2. The summed E-state index contributed by atoms with van der Waals surface area (Å²) in [4.78, 5) is 13.1. The number of hydrogen-bond acceptors (Lipinski definition) is 7. The molecule has 1 aliphatic heterocycles. The van der Waals surface area contributed by atoms with Gasteiger partial charge in [-0.1, -0.05) is 38.6 Å². The SMILES string of the molecule is Cc1cnc(NCCc2cccnc2)nc1/C(C#N)=C1\NC(C(C)(C)C)=CS1. The number of hydrogen-bond donors (Lipinski definition) is 2. The largest absolute Gasteiger partial charge is 0.354 e. The highest BCUT2D eigenvalue weighted by atomic mass is 32.2. The molecule has 2 N–H and O–H groups in total. The molecule has 0 spiro atoms. The van der Waals surface area contributed by atoms with Gasteiger partial charge in [0.2, 0.25) is 5.95 Å². The average molecular weight is 393 g/mol. The molecule has 2 aromatic rings. The summed E-state index contributed by atoms with van der Waals surface area (Å²) in [6, 6.07) is 6.28. The van der Waals surface area contributed by atoms with Crippen LogP contribution < -0.4 is 10.6 Å². The number of rotatable bonds is 5. The predicted molar refractivity (Wildman–Crippen MR) is 114 cm³/mol. The van der Waals surface area contributed by atoms with Crippen molar-refractivity contribution >= 4 is 23.3 Å². The lowest BCUT2D eigenvalue weighted by molar-refractivity contribution is 0.481. The van der Waals surface area contributed by atoms with E-state index < -0.39 is 0 Å². The Morgan fingerprint density at radius 1 is 1.32 bits per heavy atom. The van der Waals surface area contributed by atoms with E-state index in [9.17, 15) is 5.26 Å². The molecule has 144 valence electrons. The van der Waals surface area contributed by atoms with E-state index in [0.717, 1.165) is 28.3 Å². The molecule has 0 unspecified atom stereocenters. The first-order valence-electron chi connectivity index (χ1n) is 9.14. The van der Waals surface area contributed by atoms with Gasteiger partial charge in [-0.15, -0.1) is 0 Å². The molecule has 0 atom stereocenters. The van der Waals surface area contributed by atoms with Crippen LogP contribution >= 0.6 is 11.8 Å². The predicted octanol–water partition coefficient (Wildman–Crippen LogP) is 4.25. The van der Waals surface area contributed by atoms with Crippen molar-refractivity contribution in [3.05, 3.63) is 63.7 Å². The second-order valence-corrected chi connectivity index (χ2v) is 8.48. The van der Waals surface area contributed by atoms with Gasteiger partial charge in [-0.2, -0.15) is 5.26 Å². The highest BCUT2D eigenvalue weighted by Gasteiger charge is 2.25. The minimum atomic E-state index is -0.00492. The third-order valence-electron chi connectivity index (χ3n) is 4.32. The van der Waals surface area contributed by atoms with Crippen LogP contribution in [0.4, 0.5) is 5.95 Å². The standard InChI is InChI=1S/C21H24N6S/c1-14-11-25-20(24-9-7-15-6-5-8-23-12-15)27-18(14)16(10-22)19-26-17(13-28-19)21(2,3)4/h5-6,8,11-13,26H,7,9H2,1-4H3,(H,24,25,27)/b19-16+. The Morgan fingerprint density at radius 3 is 2.79 bits per heavy atom. The zero-order valence-electron chi connectivity index (χ0n) is 16.6. The molecule has 0 saturated heterocycles. The highest BCUT2D eigenvalue weighted by molar-refractivity contribution is 8.06. The molecule has 0 aliphatic carbocycles. The van der Waals surface area contributed by atoms with Gasteiger partial charge in [-0.3, -0.25) is 4.98 Å². The molecule has 0 amide bonds. The third kappa shape index (κ3) is 4.70. The molecule has 3 heterocycles. The van der Waals surface area contributed by atoms with Crippen molar-refractivity contribution in [3.63, 3.8) is 0 Å². The van der Waals surface area contributed by atoms with Gasteiger partial charge in [0.05, 0.1) is 10.7 Å². The summed E-state index contributed by atoms with van der Waals surface area (Å²) in [5.74, 6) is 0.518. The van der Waals surface area contributed by atoms with E-state index in [1.807, 2.05) is 25.3 Å². The second-order valence-electron chi connectivity index (χ2n) is 7.60. The molecule has 0 bridgehead atoms. The summed E-state index contributed by atoms with van der Waals surface area (Å²) in [6.45, 7) is 9.03. The van der Waals surface area contributed by atoms with E-state index in [1.165, 1.54) is 11.8 Å². The Bertz CT molecular complexity index is 951. The van der Waals surface area contributed by atoms with Gasteiger partial charge >= 0.3 is 0 Å². The molecule has 0 fully saturated rings. The quantitative estimate of drug-likeness (QED) is 0.736. The normalized spacial score (nSPS) is 15.5. The first-order valence-corrected chi connectivity index (χ1v) is 10.0. The molecule has 28 heavy (non-hydrogen) atoms. The summed E-state index contributed by atoms with van der Waals surface area (Å²) in [6.07, 6.45) is 6.19. The lowest BCUT2D eigenvalue weighted by Crippen LogP contribution is -2.20. The first-order chi connectivity index (χ1) is 13.4. The number of aromatic nitrogens is 3. The smallest absolute Gasteiger partial charge is 0.223 e. The zero-order valence-corrected chi connectivity index (χ0v) is 17.4. The van der Waals surface area contributed by atoms with Gasteiger partial charge in [0.25, 0.3) is 0 Å². The highest BCUT2D eigenvalue weighted by Crippen LogP contribution is 2.38. The Kier molecular flexibility index (Phi) is 6.00. The van der Waals surface area contributed by atoms with Crippen molar-refractivity contribution < 1.29 is 0 Å². The van der Waals surface area contributed by atoms with Crippen LogP contribution in [0.25, 0.3) is 5.57 Å². The van der Waals surface area contributed by atoms with Gasteiger partial charge in [-0.25, -0.2) is 9.97 Å². The van der Waals surface area contributed by atoms with Crippen LogP contribution in [0.2, 0.25) is 0 Å². The zero-order chi connectivity index (χ0) is 20.1. The molecule has 3 rings (SSSR count). The molecule has 7 heteroatoms. The Morgan fingerprint density at radius 2 is 2.14 bits per heavy atom. The summed E-state index contributed by atoms with van der Waals surface area (Å²) in [5.41, 5.74) is 4.30. The van der Waals surface area contributed by atoms with Crippen molar-refractivity contribution in [2.45, 2.75) is 34.1 Å². The molecule has 2 aromatic heterocycles. The van der Waals surface area contributed by atoms with Crippen molar-refractivity contribution in [3.8, 4) is 6.07 Å². The van der Waals surface area contributed by atoms with Crippen molar-refractivity contribution in [1.29, 1.82) is 5.26 Å². The lowest BCUT2D eigenvalue weighted by Gasteiger charge is -2.20. The summed E-state index contributed by atoms with van der Waals surface area (Å²) >= 11 is 1.53. The minimum Gasteiger partial charge on any atom is -0.354 e. The molecule has 1 aliphatic rings. The maximum atomic E-state index is 9.80. The van der Waals surface area contributed by atoms with E-state index >= 15 is 0 Å². The number of aryl methyl sites for hydroxylation is 1. The van der Waals surface area contributed by atoms with Gasteiger partial charge in [0.1, 0.15) is 11.6 Å². The van der Waals surface area contributed by atoms with Gasteiger partial charge in [0.15, 0.2) is 0 Å². The Balaban J connectivity index is 1.77. The van der Waals surface area contributed by atoms with Gasteiger partial charge < -0.3 is 10.6 Å². The van der Waals surface area contributed by atoms with Crippen molar-refractivity contribution in [2.24, 2.45) is 5.41 Å². The van der Waals surface area contributed by atoms with E-state index in [-0.39, 0.29) is 5.41 Å². The number of thioether (sulfide) groups is 1. The van der Waals surface area contributed by atoms with Crippen LogP contribution in [0.5, 0.6) is 0 Å². The fourth-order valence-corrected chi connectivity index (χ4v) is 3.72. The van der Waals surface area contributed by atoms with E-state index in [4.69, 9.17) is 0 Å². The van der Waals surface area contributed by atoms with Crippen LogP contribution in [-0.2, 0) is 6.42 Å². The summed E-state index contributed by atoms with van der Waals surface area (Å²) < 4.78 is 0. The number of anilines is 1. The molecular weight excluding hydrogens is 368 g/mol. The van der Waals surface area contributed by atoms with Crippen LogP contribution in [0.15, 0.2) is 46.9 Å². The second kappa shape index (κ2) is 8.44. The molecule has 6 nitrogen and oxygen atoms in total. The molecular formula is C21H24N6S. The van der Waals surface area contributed by atoms with Gasteiger partial charge in [0, 0.05) is 36.2 Å². The maximum Gasteiger partial charge on any atom is 0.223 e. The Hall–Kier alpha value is -2.85. The van der Waals surface area contributed by atoms with Crippen molar-refractivity contribution in [1.82, 2.24) is 20.3 Å². The number of pyridine rings is 1. The van der Waals surface area contributed by atoms with E-state index in [1.54, 1.807) is 12.4 Å². The average Bonchev–Trinajstić information content (AvgIpc) is 3.16. The summed E-state index contributed by atoms with van der Waals surface area (Å²) in [7, 11) is 0. The Labute approximate surface area is 170 Å². The van der Waals surface area contributed by atoms with Crippen molar-refractivity contribution in [2.75, 3.05) is 11.9 Å². The number of nitriles is 1. The van der Waals surface area contributed by atoms with E-state index in [0.29, 0.717) is 23.8 Å². The topological polar surface area (TPSA) is 86.5 Å². The van der Waals surface area contributed by atoms with Crippen LogP contribution in [0.1, 0.15) is 37.6 Å². The fourth-order valence-electron chi connectivity index (χ4n) is 2.64. The monoisotopic (exact) mass is 392 g/mol. The van der Waals surface area contributed by atoms with Crippen LogP contribution in [0, 0.1) is 23.7 Å². The lowest BCUT2D eigenvalue weighted by atomic mass is 9.93. The molecule has 0 aromatic carbocycles. The molecule has 0 saturated carbocycles. The molecule has 0 radical (unpaired) electrons. The number of nitrogens with zero attached hydrogens (tertiary/aromatic N) is 4. The van der Waals surface area contributed by atoms with E-state index in [2.05, 4.69) is 57.8 Å².